The van der Waals surface area contributed by atoms with E-state index in [1.165, 1.54) is 0 Å². The smallest absolute Gasteiger partial charge is 0.251 e. The van der Waals surface area contributed by atoms with Crippen LogP contribution in [0.15, 0.2) is 18.2 Å². The van der Waals surface area contributed by atoms with E-state index in [-0.39, 0.29) is 25.2 Å². The summed E-state index contributed by atoms with van der Waals surface area (Å²) in [5, 5.41) is 5.30. The minimum atomic E-state index is -0.317. The summed E-state index contributed by atoms with van der Waals surface area (Å²) in [6, 6.07) is 4.91. The van der Waals surface area contributed by atoms with Crippen LogP contribution in [-0.4, -0.2) is 31.7 Å². The van der Waals surface area contributed by atoms with Gasteiger partial charge in [0.25, 0.3) is 5.91 Å². The number of nitrogens with one attached hydrogen (secondary N) is 2. The second-order valence-corrected chi connectivity index (χ2v) is 4.95. The molecule has 20 heavy (non-hydrogen) atoms. The Labute approximate surface area is 117 Å². The van der Waals surface area contributed by atoms with Gasteiger partial charge in [0, 0.05) is 12.1 Å². The van der Waals surface area contributed by atoms with E-state index >= 15 is 0 Å². The molecular formula is C14H18N2O4. The second-order valence-electron chi connectivity index (χ2n) is 4.95. The lowest BCUT2D eigenvalue weighted by atomic mass is 10.2. The fourth-order valence-electron chi connectivity index (χ4n) is 1.68. The van der Waals surface area contributed by atoms with Crippen LogP contribution in [0.4, 0.5) is 0 Å². The van der Waals surface area contributed by atoms with Crippen molar-refractivity contribution >= 4 is 11.8 Å². The van der Waals surface area contributed by atoms with Crippen molar-refractivity contribution in [3.63, 3.8) is 0 Å². The second kappa shape index (κ2) is 6.27. The molecule has 2 rings (SSSR count). The predicted octanol–water partition coefficient (Wildman–Crippen LogP) is 0.917. The zero-order valence-corrected chi connectivity index (χ0v) is 11.6. The average molecular weight is 278 g/mol. The molecule has 2 amide bonds. The number of benzene rings is 1. The van der Waals surface area contributed by atoms with Crippen LogP contribution in [0.5, 0.6) is 11.5 Å². The van der Waals surface area contributed by atoms with Crippen molar-refractivity contribution in [2.45, 2.75) is 13.8 Å². The van der Waals surface area contributed by atoms with Crippen LogP contribution in [0.3, 0.4) is 0 Å². The fourth-order valence-corrected chi connectivity index (χ4v) is 1.68. The van der Waals surface area contributed by atoms with Gasteiger partial charge in [0.2, 0.25) is 12.7 Å². The molecule has 0 fully saturated rings. The van der Waals surface area contributed by atoms with Crippen molar-refractivity contribution in [2.24, 2.45) is 5.92 Å². The molecule has 1 aromatic rings. The van der Waals surface area contributed by atoms with E-state index < -0.39 is 0 Å². The van der Waals surface area contributed by atoms with Gasteiger partial charge in [0.05, 0.1) is 6.54 Å². The minimum Gasteiger partial charge on any atom is -0.454 e. The van der Waals surface area contributed by atoms with E-state index in [1.54, 1.807) is 18.2 Å². The van der Waals surface area contributed by atoms with Crippen LogP contribution in [0.2, 0.25) is 0 Å². The Morgan fingerprint density at radius 1 is 1.20 bits per heavy atom. The Kier molecular flexibility index (Phi) is 4.45. The third-order valence-electron chi connectivity index (χ3n) is 2.75. The molecule has 1 aliphatic heterocycles. The summed E-state index contributed by atoms with van der Waals surface area (Å²) < 4.78 is 10.4. The minimum absolute atomic E-state index is 0.0417. The van der Waals surface area contributed by atoms with Gasteiger partial charge >= 0.3 is 0 Å². The number of hydrogen-bond donors (Lipinski definition) is 2. The highest BCUT2D eigenvalue weighted by Crippen LogP contribution is 2.32. The summed E-state index contributed by atoms with van der Waals surface area (Å²) in [7, 11) is 0. The maximum atomic E-state index is 11.9. The summed E-state index contributed by atoms with van der Waals surface area (Å²) in [6.45, 7) is 4.73. The first-order chi connectivity index (χ1) is 9.56. The number of fused-ring (bicyclic) bond motifs is 1. The summed E-state index contributed by atoms with van der Waals surface area (Å²) in [5.41, 5.74) is 0.436. The molecule has 108 valence electrons. The van der Waals surface area contributed by atoms with Crippen molar-refractivity contribution in [2.75, 3.05) is 19.9 Å². The number of rotatable bonds is 5. The van der Waals surface area contributed by atoms with Crippen LogP contribution in [0.25, 0.3) is 0 Å². The summed E-state index contributed by atoms with van der Waals surface area (Å²) in [4.78, 5) is 23.4. The molecule has 0 radical (unpaired) electrons. The Morgan fingerprint density at radius 3 is 2.70 bits per heavy atom. The molecule has 2 N–H and O–H groups in total. The SMILES string of the molecule is CC(C)CNC(=O)CNC(=O)c1ccc2c(c1)OCO2. The average Bonchev–Trinajstić information content (AvgIpc) is 2.89. The van der Waals surface area contributed by atoms with E-state index in [4.69, 9.17) is 9.47 Å². The third-order valence-corrected chi connectivity index (χ3v) is 2.75. The molecule has 0 saturated carbocycles. The molecule has 1 heterocycles. The van der Waals surface area contributed by atoms with Gasteiger partial charge in [0.15, 0.2) is 11.5 Å². The van der Waals surface area contributed by atoms with Gasteiger partial charge in [-0.2, -0.15) is 0 Å². The van der Waals surface area contributed by atoms with Crippen LogP contribution in [0.1, 0.15) is 24.2 Å². The maximum absolute atomic E-state index is 11.9. The molecule has 1 aromatic carbocycles. The van der Waals surface area contributed by atoms with E-state index in [1.807, 2.05) is 13.8 Å². The number of hydrogen-bond acceptors (Lipinski definition) is 4. The van der Waals surface area contributed by atoms with Crippen LogP contribution in [-0.2, 0) is 4.79 Å². The van der Waals surface area contributed by atoms with Crippen LogP contribution < -0.4 is 20.1 Å². The standard InChI is InChI=1S/C14H18N2O4/c1-9(2)6-15-13(17)7-16-14(18)10-3-4-11-12(5-10)20-8-19-11/h3-5,9H,6-8H2,1-2H3,(H,15,17)(H,16,18). The van der Waals surface area contributed by atoms with Gasteiger partial charge in [-0.15, -0.1) is 0 Å². The predicted molar refractivity (Wildman–Crippen MR) is 72.7 cm³/mol. The zero-order chi connectivity index (χ0) is 14.5. The summed E-state index contributed by atoms with van der Waals surface area (Å²) in [6.07, 6.45) is 0. The molecule has 0 atom stereocenters. The van der Waals surface area contributed by atoms with Gasteiger partial charge in [0.1, 0.15) is 0 Å². The Hall–Kier alpha value is -2.24. The highest BCUT2D eigenvalue weighted by atomic mass is 16.7. The van der Waals surface area contributed by atoms with Crippen LogP contribution in [0, 0.1) is 5.92 Å². The first-order valence-electron chi connectivity index (χ1n) is 6.51. The normalized spacial score (nSPS) is 12.3. The number of carbonyl (C=O) groups is 2. The molecule has 0 spiro atoms. The third kappa shape index (κ3) is 3.63. The van der Waals surface area contributed by atoms with Crippen molar-refractivity contribution in [3.05, 3.63) is 23.8 Å². The molecule has 0 aromatic heterocycles. The molecule has 0 bridgehead atoms. The highest BCUT2D eigenvalue weighted by molar-refractivity contribution is 5.97. The van der Waals surface area contributed by atoms with E-state index in [9.17, 15) is 9.59 Å². The van der Waals surface area contributed by atoms with E-state index in [0.717, 1.165) is 0 Å². The first-order valence-corrected chi connectivity index (χ1v) is 6.51. The topological polar surface area (TPSA) is 76.7 Å². The Balaban J connectivity index is 1.84. The quantitative estimate of drug-likeness (QED) is 0.839. The summed E-state index contributed by atoms with van der Waals surface area (Å²) >= 11 is 0. The Morgan fingerprint density at radius 2 is 1.95 bits per heavy atom. The summed E-state index contributed by atoms with van der Waals surface area (Å²) in [5.74, 6) is 1.03. The van der Waals surface area contributed by atoms with Crippen molar-refractivity contribution in [3.8, 4) is 11.5 Å². The van der Waals surface area contributed by atoms with Crippen molar-refractivity contribution in [1.82, 2.24) is 10.6 Å². The van der Waals surface area contributed by atoms with Gasteiger partial charge in [-0.3, -0.25) is 9.59 Å². The van der Waals surface area contributed by atoms with Gasteiger partial charge in [-0.1, -0.05) is 13.8 Å². The highest BCUT2D eigenvalue weighted by Gasteiger charge is 2.16. The Bertz CT molecular complexity index is 514. The largest absolute Gasteiger partial charge is 0.454 e. The molecule has 6 nitrogen and oxygen atoms in total. The molecule has 0 saturated heterocycles. The van der Waals surface area contributed by atoms with E-state index in [0.29, 0.717) is 29.5 Å². The van der Waals surface area contributed by atoms with Gasteiger partial charge in [-0.05, 0) is 24.1 Å². The molecule has 0 aliphatic carbocycles. The first kappa shape index (κ1) is 14.2. The van der Waals surface area contributed by atoms with Crippen molar-refractivity contribution < 1.29 is 19.1 Å². The monoisotopic (exact) mass is 278 g/mol. The lowest BCUT2D eigenvalue weighted by Crippen LogP contribution is -2.38. The van der Waals surface area contributed by atoms with Crippen molar-refractivity contribution in [1.29, 1.82) is 0 Å². The maximum Gasteiger partial charge on any atom is 0.251 e. The van der Waals surface area contributed by atoms with Gasteiger partial charge < -0.3 is 20.1 Å². The lowest BCUT2D eigenvalue weighted by Gasteiger charge is -2.09. The fraction of sp³-hybridized carbons (Fsp3) is 0.429. The lowest BCUT2D eigenvalue weighted by molar-refractivity contribution is -0.120. The molecular weight excluding hydrogens is 260 g/mol. The van der Waals surface area contributed by atoms with Gasteiger partial charge in [-0.25, -0.2) is 0 Å². The molecule has 0 unspecified atom stereocenters. The van der Waals surface area contributed by atoms with Crippen LogP contribution >= 0.6 is 0 Å². The number of amides is 2. The number of ether oxygens (including phenoxy) is 2. The number of carbonyl (C=O) groups excluding carboxylic acids is 2. The molecule has 1 aliphatic rings. The van der Waals surface area contributed by atoms with E-state index in [2.05, 4.69) is 10.6 Å². The zero-order valence-electron chi connectivity index (χ0n) is 11.6. The molecule has 6 heteroatoms.